The van der Waals surface area contributed by atoms with Crippen molar-refractivity contribution in [3.8, 4) is 28.8 Å². The second-order valence-electron chi connectivity index (χ2n) is 7.67. The number of fused-ring (bicyclic) bond motifs is 2. The molecule has 0 spiro atoms. The monoisotopic (exact) mass is 611 g/mol. The summed E-state index contributed by atoms with van der Waals surface area (Å²) < 4.78 is 19.2. The van der Waals surface area contributed by atoms with E-state index in [1.165, 1.54) is 10.9 Å². The predicted molar refractivity (Wildman–Crippen MR) is 145 cm³/mol. The van der Waals surface area contributed by atoms with Gasteiger partial charge in [0.2, 0.25) is 5.82 Å². The molecule has 3 aromatic carbocycles. The highest BCUT2D eigenvalue weighted by Gasteiger charge is 2.19. The number of halogens is 2. The molecule has 8 nitrogen and oxygen atoms in total. The van der Waals surface area contributed by atoms with Crippen LogP contribution in [0.25, 0.3) is 33.5 Å². The molecule has 5 rings (SSSR count). The largest absolute Gasteiger partial charge is 0.503 e. The Balaban J connectivity index is 1.73. The van der Waals surface area contributed by atoms with E-state index in [-0.39, 0.29) is 22.9 Å². The first-order chi connectivity index (χ1) is 17.4. The minimum absolute atomic E-state index is 0.0395. The Hall–Kier alpha value is -3.63. The molecule has 0 unspecified atom stereocenters. The van der Waals surface area contributed by atoms with Crippen molar-refractivity contribution in [1.29, 1.82) is 0 Å². The van der Waals surface area contributed by atoms with Gasteiger partial charge in [-0.2, -0.15) is 9.78 Å². The molecule has 1 N–H and O–H groups in total. The summed E-state index contributed by atoms with van der Waals surface area (Å²) in [4.78, 5) is 18.2. The molecule has 0 saturated carbocycles. The van der Waals surface area contributed by atoms with Crippen LogP contribution in [0.3, 0.4) is 0 Å². The molecule has 0 atom stereocenters. The number of furan rings is 1. The zero-order valence-corrected chi connectivity index (χ0v) is 22.3. The molecule has 2 heterocycles. The number of aromatic hydroxyl groups is 1. The highest BCUT2D eigenvalue weighted by Crippen LogP contribution is 2.41. The Labute approximate surface area is 222 Å². The smallest absolute Gasteiger partial charge is 0.282 e. The molecule has 5 aromatic rings. The topological polar surface area (TPSA) is 99.1 Å². The number of aromatic nitrogens is 2. The zero-order valence-electron chi connectivity index (χ0n) is 19.2. The average Bonchev–Trinajstić information content (AvgIpc) is 3.33. The third-order valence-corrected chi connectivity index (χ3v) is 7.66. The summed E-state index contributed by atoms with van der Waals surface area (Å²) in [7, 11) is 1.58. The van der Waals surface area contributed by atoms with E-state index in [0.717, 1.165) is 5.39 Å². The van der Waals surface area contributed by atoms with Crippen molar-refractivity contribution in [2.24, 2.45) is 5.10 Å². The van der Waals surface area contributed by atoms with Gasteiger partial charge in [0.15, 0.2) is 17.3 Å². The lowest BCUT2D eigenvalue weighted by Crippen LogP contribution is -2.20. The normalized spacial score (nSPS) is 11.6. The number of nitrogens with zero attached hydrogens (tertiary/aromatic N) is 3. The van der Waals surface area contributed by atoms with Crippen LogP contribution < -0.4 is 15.0 Å². The number of phenolic OH excluding ortho intramolecular Hbond substituents is 1. The molecule has 0 bridgehead atoms. The van der Waals surface area contributed by atoms with E-state index in [2.05, 4.69) is 37.0 Å². The van der Waals surface area contributed by atoms with Gasteiger partial charge >= 0.3 is 0 Å². The van der Waals surface area contributed by atoms with E-state index in [9.17, 15) is 9.90 Å². The maximum absolute atomic E-state index is 13.5. The molecule has 2 aromatic heterocycles. The van der Waals surface area contributed by atoms with Crippen molar-refractivity contribution < 1.29 is 19.0 Å². The average molecular weight is 613 g/mol. The fourth-order valence-electron chi connectivity index (χ4n) is 3.80. The van der Waals surface area contributed by atoms with E-state index in [1.54, 1.807) is 37.4 Å². The second kappa shape index (κ2) is 9.79. The van der Waals surface area contributed by atoms with E-state index >= 15 is 0 Å². The minimum Gasteiger partial charge on any atom is -0.503 e. The van der Waals surface area contributed by atoms with Gasteiger partial charge in [0.05, 0.1) is 40.7 Å². The lowest BCUT2D eigenvalue weighted by atomic mass is 10.2. The van der Waals surface area contributed by atoms with Crippen molar-refractivity contribution >= 4 is 59.9 Å². The van der Waals surface area contributed by atoms with Crippen LogP contribution in [0.2, 0.25) is 0 Å². The fourth-order valence-corrected chi connectivity index (χ4v) is 4.63. The summed E-state index contributed by atoms with van der Waals surface area (Å²) in [6, 6.07) is 15.9. The third kappa shape index (κ3) is 4.16. The molecule has 0 amide bonds. The van der Waals surface area contributed by atoms with Gasteiger partial charge in [-0.3, -0.25) is 4.79 Å². The first kappa shape index (κ1) is 24.1. The highest BCUT2D eigenvalue weighted by atomic mass is 79.9. The van der Waals surface area contributed by atoms with Crippen LogP contribution in [-0.2, 0) is 0 Å². The zero-order chi connectivity index (χ0) is 25.4. The van der Waals surface area contributed by atoms with Crippen LogP contribution in [0.15, 0.2) is 77.9 Å². The molecule has 0 aliphatic heterocycles. The van der Waals surface area contributed by atoms with Crippen molar-refractivity contribution in [2.45, 2.75) is 6.92 Å². The SMILES string of the molecule is CCOc1cc(C=Nn2c(-c3cc4c(OC)cccc4o3)nc3ccccc3c2=O)c(Br)c(Br)c1O. The van der Waals surface area contributed by atoms with Gasteiger partial charge in [-0.25, -0.2) is 4.98 Å². The summed E-state index contributed by atoms with van der Waals surface area (Å²) in [5.74, 6) is 1.47. The Morgan fingerprint density at radius 1 is 1.08 bits per heavy atom. The molecule has 0 aliphatic rings. The number of rotatable bonds is 6. The van der Waals surface area contributed by atoms with Crippen LogP contribution in [0, 0.1) is 0 Å². The van der Waals surface area contributed by atoms with Gasteiger partial charge in [0, 0.05) is 10.0 Å². The Morgan fingerprint density at radius 3 is 2.67 bits per heavy atom. The number of hydrogen-bond donors (Lipinski definition) is 1. The van der Waals surface area contributed by atoms with Gasteiger partial charge in [0.25, 0.3) is 5.56 Å². The standard InChI is InChI=1S/C26H19Br2N3O5/c1-3-35-20-11-14(22(27)23(28)24(20)32)13-29-31-25(30-17-8-5-4-7-15(17)26(31)33)21-12-16-18(34-2)9-6-10-19(16)36-21/h4-13,32H,3H2,1-2H3. The third-order valence-electron chi connectivity index (χ3n) is 5.50. The summed E-state index contributed by atoms with van der Waals surface area (Å²) in [5.41, 5.74) is 1.32. The maximum atomic E-state index is 13.5. The summed E-state index contributed by atoms with van der Waals surface area (Å²) >= 11 is 6.82. The Bertz CT molecular complexity index is 1710. The molecule has 0 radical (unpaired) electrons. The van der Waals surface area contributed by atoms with Crippen molar-refractivity contribution in [1.82, 2.24) is 9.66 Å². The number of methoxy groups -OCH3 is 1. The second-order valence-corrected chi connectivity index (χ2v) is 9.26. The summed E-state index contributed by atoms with van der Waals surface area (Å²) in [6.45, 7) is 2.18. The lowest BCUT2D eigenvalue weighted by molar-refractivity contribution is 0.317. The number of benzene rings is 3. The number of ether oxygens (including phenoxy) is 2. The highest BCUT2D eigenvalue weighted by molar-refractivity contribution is 9.13. The van der Waals surface area contributed by atoms with E-state index in [1.807, 2.05) is 31.2 Å². The van der Waals surface area contributed by atoms with Gasteiger partial charge in [-0.15, -0.1) is 0 Å². The maximum Gasteiger partial charge on any atom is 0.282 e. The predicted octanol–water partition coefficient (Wildman–Crippen LogP) is 6.33. The van der Waals surface area contributed by atoms with Crippen LogP contribution in [0.5, 0.6) is 17.2 Å². The van der Waals surface area contributed by atoms with Gasteiger partial charge in [-0.1, -0.05) is 18.2 Å². The summed E-state index contributed by atoms with van der Waals surface area (Å²) in [6.07, 6.45) is 1.49. The van der Waals surface area contributed by atoms with Crippen LogP contribution in [0.1, 0.15) is 12.5 Å². The van der Waals surface area contributed by atoms with E-state index in [0.29, 0.717) is 49.1 Å². The molecular weight excluding hydrogens is 594 g/mol. The quantitative estimate of drug-likeness (QED) is 0.225. The van der Waals surface area contributed by atoms with E-state index in [4.69, 9.17) is 18.9 Å². The molecule has 0 aliphatic carbocycles. The van der Waals surface area contributed by atoms with Gasteiger partial charge in [0.1, 0.15) is 11.3 Å². The van der Waals surface area contributed by atoms with Gasteiger partial charge < -0.3 is 19.0 Å². The molecule has 0 saturated heterocycles. The Morgan fingerprint density at radius 2 is 1.89 bits per heavy atom. The minimum atomic E-state index is -0.363. The number of phenols is 1. The molecule has 0 fully saturated rings. The van der Waals surface area contributed by atoms with Crippen LogP contribution >= 0.6 is 31.9 Å². The molecule has 10 heteroatoms. The van der Waals surface area contributed by atoms with Crippen LogP contribution in [-0.4, -0.2) is 34.7 Å². The van der Waals surface area contributed by atoms with E-state index < -0.39 is 0 Å². The van der Waals surface area contributed by atoms with Crippen molar-refractivity contribution in [2.75, 3.05) is 13.7 Å². The first-order valence-electron chi connectivity index (χ1n) is 10.9. The number of para-hydroxylation sites is 1. The Kier molecular flexibility index (Phi) is 6.55. The first-order valence-corrected chi connectivity index (χ1v) is 12.5. The molecule has 36 heavy (non-hydrogen) atoms. The molecule has 182 valence electrons. The summed E-state index contributed by atoms with van der Waals surface area (Å²) in [5, 5.41) is 16.0. The van der Waals surface area contributed by atoms with Gasteiger partial charge in [-0.05, 0) is 75.2 Å². The lowest BCUT2D eigenvalue weighted by Gasteiger charge is -2.11. The fraction of sp³-hybridized carbons (Fsp3) is 0.115. The molecular formula is C26H19Br2N3O5. The van der Waals surface area contributed by atoms with Crippen LogP contribution in [0.4, 0.5) is 0 Å². The van der Waals surface area contributed by atoms with Crippen molar-refractivity contribution in [3.05, 3.63) is 79.5 Å². The number of hydrogen-bond acceptors (Lipinski definition) is 7. The van der Waals surface area contributed by atoms with Crippen molar-refractivity contribution in [3.63, 3.8) is 0 Å².